The maximum Gasteiger partial charge on any atom is 0.159 e. The molecule has 0 saturated carbocycles. The van der Waals surface area contributed by atoms with E-state index in [-0.39, 0.29) is 5.78 Å². The summed E-state index contributed by atoms with van der Waals surface area (Å²) in [6.45, 7) is 6.77. The number of rotatable bonds is 5. The largest absolute Gasteiger partial charge is 0.360 e. The van der Waals surface area contributed by atoms with Crippen molar-refractivity contribution in [1.29, 1.82) is 0 Å². The summed E-state index contributed by atoms with van der Waals surface area (Å²) in [5.74, 6) is 0.113. The lowest BCUT2D eigenvalue weighted by Crippen LogP contribution is -3.13. The highest BCUT2D eigenvalue weighted by atomic mass is 35.5. The SMILES string of the molecule is CC(=O)c1ccc(N2CC[NH+](Cc3csc(-c4ccc(Cl)cc4)n3)CC2)cc1. The van der Waals surface area contributed by atoms with Crippen LogP contribution >= 0.6 is 22.9 Å². The molecule has 0 radical (unpaired) electrons. The molecule has 0 unspecified atom stereocenters. The summed E-state index contributed by atoms with van der Waals surface area (Å²) in [6, 6.07) is 15.8. The van der Waals surface area contributed by atoms with Crippen molar-refractivity contribution >= 4 is 34.4 Å². The number of benzene rings is 2. The van der Waals surface area contributed by atoms with Gasteiger partial charge in [0.15, 0.2) is 5.78 Å². The van der Waals surface area contributed by atoms with Gasteiger partial charge in [-0.3, -0.25) is 4.79 Å². The highest BCUT2D eigenvalue weighted by Gasteiger charge is 2.21. The lowest BCUT2D eigenvalue weighted by molar-refractivity contribution is -0.914. The van der Waals surface area contributed by atoms with Gasteiger partial charge in [0.05, 0.1) is 26.2 Å². The quantitative estimate of drug-likeness (QED) is 0.651. The summed E-state index contributed by atoms with van der Waals surface area (Å²) in [5.41, 5.74) is 4.24. The van der Waals surface area contributed by atoms with Crippen molar-refractivity contribution in [3.8, 4) is 10.6 Å². The zero-order valence-corrected chi connectivity index (χ0v) is 17.4. The third-order valence-corrected chi connectivity index (χ3v) is 6.38. The number of carbonyl (C=O) groups is 1. The van der Waals surface area contributed by atoms with Crippen molar-refractivity contribution < 1.29 is 9.69 Å². The van der Waals surface area contributed by atoms with Crippen LogP contribution in [0.1, 0.15) is 23.0 Å². The van der Waals surface area contributed by atoms with Crippen LogP contribution in [0, 0.1) is 0 Å². The number of carbonyl (C=O) groups excluding carboxylic acids is 1. The smallest absolute Gasteiger partial charge is 0.159 e. The first kappa shape index (κ1) is 19.1. The molecule has 0 atom stereocenters. The molecule has 4 nitrogen and oxygen atoms in total. The average molecular weight is 413 g/mol. The molecule has 2 aromatic carbocycles. The fraction of sp³-hybridized carbons (Fsp3) is 0.273. The molecule has 1 N–H and O–H groups in total. The number of hydrogen-bond acceptors (Lipinski definition) is 4. The van der Waals surface area contributed by atoms with Gasteiger partial charge in [-0.2, -0.15) is 0 Å². The topological polar surface area (TPSA) is 37.6 Å². The van der Waals surface area contributed by atoms with Crippen LogP contribution in [0.2, 0.25) is 5.02 Å². The Morgan fingerprint density at radius 3 is 2.43 bits per heavy atom. The zero-order valence-electron chi connectivity index (χ0n) is 15.8. The first-order valence-electron chi connectivity index (χ1n) is 9.48. The van der Waals surface area contributed by atoms with Crippen molar-refractivity contribution in [2.45, 2.75) is 13.5 Å². The van der Waals surface area contributed by atoms with E-state index >= 15 is 0 Å². The Bertz CT molecular complexity index is 945. The number of Topliss-reactive ketones (excluding diaryl/α,β-unsaturated/α-hetero) is 1. The highest BCUT2D eigenvalue weighted by Crippen LogP contribution is 2.25. The van der Waals surface area contributed by atoms with Gasteiger partial charge in [0.1, 0.15) is 17.2 Å². The number of nitrogens with one attached hydrogen (secondary N) is 1. The van der Waals surface area contributed by atoms with Crippen LogP contribution < -0.4 is 9.80 Å². The third kappa shape index (κ3) is 4.43. The van der Waals surface area contributed by atoms with Crippen LogP contribution in [0.4, 0.5) is 5.69 Å². The van der Waals surface area contributed by atoms with Gasteiger partial charge in [-0.05, 0) is 43.3 Å². The summed E-state index contributed by atoms with van der Waals surface area (Å²) in [5, 5.41) is 3.97. The maximum atomic E-state index is 11.4. The Balaban J connectivity index is 1.33. The van der Waals surface area contributed by atoms with Gasteiger partial charge in [-0.1, -0.05) is 23.7 Å². The van der Waals surface area contributed by atoms with E-state index in [9.17, 15) is 4.79 Å². The molecule has 1 aliphatic rings. The number of halogens is 1. The first-order chi connectivity index (χ1) is 13.6. The average Bonchev–Trinajstić information content (AvgIpc) is 3.18. The van der Waals surface area contributed by atoms with Gasteiger partial charge >= 0.3 is 0 Å². The molecule has 0 bridgehead atoms. The van der Waals surface area contributed by atoms with E-state index in [0.717, 1.165) is 59.6 Å². The molecule has 0 amide bonds. The van der Waals surface area contributed by atoms with Gasteiger partial charge in [0.2, 0.25) is 0 Å². The van der Waals surface area contributed by atoms with E-state index in [2.05, 4.69) is 22.4 Å². The Kier molecular flexibility index (Phi) is 5.76. The van der Waals surface area contributed by atoms with E-state index in [1.54, 1.807) is 23.2 Å². The monoisotopic (exact) mass is 412 g/mol. The van der Waals surface area contributed by atoms with Crippen LogP contribution in [-0.4, -0.2) is 36.9 Å². The van der Waals surface area contributed by atoms with Crippen molar-refractivity contribution in [3.05, 3.63) is 70.2 Å². The van der Waals surface area contributed by atoms with Gasteiger partial charge < -0.3 is 9.80 Å². The third-order valence-electron chi connectivity index (χ3n) is 5.18. The van der Waals surface area contributed by atoms with Crippen molar-refractivity contribution in [1.82, 2.24) is 4.98 Å². The number of nitrogens with zero attached hydrogens (tertiary/aromatic N) is 2. The lowest BCUT2D eigenvalue weighted by atomic mass is 10.1. The summed E-state index contributed by atoms with van der Waals surface area (Å²) < 4.78 is 0. The molecular formula is C22H23ClN3OS+. The van der Waals surface area contributed by atoms with Crippen LogP contribution in [-0.2, 0) is 6.54 Å². The minimum absolute atomic E-state index is 0.113. The molecule has 6 heteroatoms. The number of thiazole rings is 1. The minimum Gasteiger partial charge on any atom is -0.360 e. The van der Waals surface area contributed by atoms with Gasteiger partial charge in [-0.25, -0.2) is 4.98 Å². The van der Waals surface area contributed by atoms with Crippen molar-refractivity contribution in [3.63, 3.8) is 0 Å². The van der Waals surface area contributed by atoms with Crippen LogP contribution in [0.15, 0.2) is 53.9 Å². The van der Waals surface area contributed by atoms with E-state index in [1.807, 2.05) is 36.4 Å². The van der Waals surface area contributed by atoms with Crippen molar-refractivity contribution in [2.75, 3.05) is 31.1 Å². The zero-order chi connectivity index (χ0) is 19.5. The van der Waals surface area contributed by atoms with Crippen LogP contribution in [0.5, 0.6) is 0 Å². The van der Waals surface area contributed by atoms with Gasteiger partial charge in [0, 0.05) is 27.2 Å². The molecular weight excluding hydrogens is 390 g/mol. The standard InChI is InChI=1S/C22H22ClN3OS/c1-16(27)17-4-8-21(9-5-17)26-12-10-25(11-13-26)14-20-15-28-22(24-20)18-2-6-19(23)7-3-18/h2-9,15H,10-14H2,1H3/p+1. The first-order valence-corrected chi connectivity index (χ1v) is 10.7. The summed E-state index contributed by atoms with van der Waals surface area (Å²) >= 11 is 7.66. The lowest BCUT2D eigenvalue weighted by Gasteiger charge is -2.33. The molecule has 3 aromatic rings. The Morgan fingerprint density at radius 1 is 1.11 bits per heavy atom. The Hall–Kier alpha value is -2.21. The number of aromatic nitrogens is 1. The van der Waals surface area contributed by atoms with Crippen LogP contribution in [0.3, 0.4) is 0 Å². The maximum absolute atomic E-state index is 11.4. The second-order valence-electron chi connectivity index (χ2n) is 7.17. The molecule has 28 heavy (non-hydrogen) atoms. The van der Waals surface area contributed by atoms with E-state index in [0.29, 0.717) is 0 Å². The van der Waals surface area contributed by atoms with E-state index < -0.39 is 0 Å². The molecule has 0 aliphatic carbocycles. The number of ketones is 1. The predicted octanol–water partition coefficient (Wildman–Crippen LogP) is 3.57. The molecule has 1 fully saturated rings. The summed E-state index contributed by atoms with van der Waals surface area (Å²) in [7, 11) is 0. The fourth-order valence-corrected chi connectivity index (χ4v) is 4.49. The summed E-state index contributed by atoms with van der Waals surface area (Å²) in [6.07, 6.45) is 0. The molecule has 1 aromatic heterocycles. The van der Waals surface area contributed by atoms with E-state index in [1.165, 1.54) is 5.69 Å². The fourth-order valence-electron chi connectivity index (χ4n) is 3.53. The predicted molar refractivity (Wildman–Crippen MR) is 116 cm³/mol. The molecule has 1 saturated heterocycles. The number of anilines is 1. The summed E-state index contributed by atoms with van der Waals surface area (Å²) in [4.78, 5) is 20.2. The Morgan fingerprint density at radius 2 is 1.79 bits per heavy atom. The molecule has 144 valence electrons. The molecule has 1 aliphatic heterocycles. The van der Waals surface area contributed by atoms with Gasteiger partial charge in [-0.15, -0.1) is 11.3 Å². The Labute approximate surface area is 174 Å². The number of piperazine rings is 1. The van der Waals surface area contributed by atoms with Crippen LogP contribution in [0.25, 0.3) is 10.6 Å². The van der Waals surface area contributed by atoms with Gasteiger partial charge in [0.25, 0.3) is 0 Å². The number of hydrogen-bond donors (Lipinski definition) is 1. The minimum atomic E-state index is 0.113. The second-order valence-corrected chi connectivity index (χ2v) is 8.46. The molecule has 2 heterocycles. The second kappa shape index (κ2) is 8.43. The normalized spacial score (nSPS) is 15.0. The number of quaternary nitrogens is 1. The highest BCUT2D eigenvalue weighted by molar-refractivity contribution is 7.13. The van der Waals surface area contributed by atoms with Crippen molar-refractivity contribution in [2.24, 2.45) is 0 Å². The molecule has 0 spiro atoms. The van der Waals surface area contributed by atoms with E-state index in [4.69, 9.17) is 16.6 Å². The molecule has 4 rings (SSSR count).